The first-order valence-electron chi connectivity index (χ1n) is 5.80. The molecular weight excluding hydrogens is 202 g/mol. The Hall–Kier alpha value is -1.50. The molecule has 1 saturated carbocycles. The summed E-state index contributed by atoms with van der Waals surface area (Å²) in [4.78, 5) is 11.7. The van der Waals surface area contributed by atoms with Gasteiger partial charge in [-0.25, -0.2) is 0 Å². The van der Waals surface area contributed by atoms with Gasteiger partial charge < -0.3 is 10.6 Å². The third-order valence-corrected chi connectivity index (χ3v) is 2.62. The second-order valence-corrected chi connectivity index (χ2v) is 4.45. The van der Waals surface area contributed by atoms with Crippen molar-refractivity contribution in [3.05, 3.63) is 11.8 Å². The van der Waals surface area contributed by atoms with Crippen LogP contribution in [0.5, 0.6) is 0 Å². The normalized spacial score (nSPS) is 17.2. The molecule has 4 heteroatoms. The Labute approximate surface area is 96.7 Å². The summed E-state index contributed by atoms with van der Waals surface area (Å²) in [6.07, 6.45) is 5.89. The maximum Gasteiger partial charge on any atom is 0.263 e. The molecular formula is C12H19N3O. The molecule has 16 heavy (non-hydrogen) atoms. The minimum Gasteiger partial charge on any atom is -0.387 e. The van der Waals surface area contributed by atoms with E-state index in [-0.39, 0.29) is 23.6 Å². The molecule has 1 fully saturated rings. The van der Waals surface area contributed by atoms with Crippen LogP contribution >= 0.6 is 0 Å². The Morgan fingerprint density at radius 2 is 2.06 bits per heavy atom. The molecule has 0 saturated heterocycles. The Balaban J connectivity index is 2.49. The van der Waals surface area contributed by atoms with Crippen LogP contribution in [0, 0.1) is 11.3 Å². The van der Waals surface area contributed by atoms with Gasteiger partial charge in [0.25, 0.3) is 5.91 Å². The fourth-order valence-electron chi connectivity index (χ4n) is 1.73. The van der Waals surface area contributed by atoms with E-state index in [9.17, 15) is 4.79 Å². The number of carbonyl (C=O) groups excluding carboxylic acids is 1. The van der Waals surface area contributed by atoms with Crippen LogP contribution in [0.2, 0.25) is 0 Å². The van der Waals surface area contributed by atoms with Crippen molar-refractivity contribution >= 4 is 5.91 Å². The maximum atomic E-state index is 11.7. The first-order valence-corrected chi connectivity index (χ1v) is 5.80. The van der Waals surface area contributed by atoms with Crippen LogP contribution in [-0.4, -0.2) is 18.0 Å². The van der Waals surface area contributed by atoms with Crippen molar-refractivity contribution in [1.29, 1.82) is 5.26 Å². The van der Waals surface area contributed by atoms with Crippen LogP contribution < -0.4 is 10.6 Å². The van der Waals surface area contributed by atoms with Crippen molar-refractivity contribution in [1.82, 2.24) is 10.6 Å². The smallest absolute Gasteiger partial charge is 0.263 e. The van der Waals surface area contributed by atoms with E-state index >= 15 is 0 Å². The standard InChI is InChI=1S/C12H19N3O/c1-9(2)14-8-10(7-13)12(16)15-11-5-3-4-6-11/h8-9,11,14H,3-6H2,1-2H3,(H,15,16)/b10-8-. The van der Waals surface area contributed by atoms with E-state index in [2.05, 4.69) is 10.6 Å². The highest BCUT2D eigenvalue weighted by Crippen LogP contribution is 2.17. The van der Waals surface area contributed by atoms with Gasteiger partial charge in [0, 0.05) is 18.3 Å². The Kier molecular flexibility index (Phi) is 4.84. The zero-order valence-corrected chi connectivity index (χ0v) is 9.92. The molecule has 2 N–H and O–H groups in total. The highest BCUT2D eigenvalue weighted by atomic mass is 16.1. The Bertz CT molecular complexity index is 309. The maximum absolute atomic E-state index is 11.7. The molecule has 0 radical (unpaired) electrons. The molecule has 0 aliphatic heterocycles. The number of hydrogen-bond acceptors (Lipinski definition) is 3. The van der Waals surface area contributed by atoms with Crippen molar-refractivity contribution < 1.29 is 4.79 Å². The van der Waals surface area contributed by atoms with E-state index in [1.165, 1.54) is 19.0 Å². The van der Waals surface area contributed by atoms with Crippen LogP contribution in [0.15, 0.2) is 11.8 Å². The van der Waals surface area contributed by atoms with Crippen LogP contribution in [-0.2, 0) is 4.79 Å². The van der Waals surface area contributed by atoms with Gasteiger partial charge in [-0.05, 0) is 26.7 Å². The SMILES string of the molecule is CC(C)N/C=C(/C#N)C(=O)NC1CCCC1. The third-order valence-electron chi connectivity index (χ3n) is 2.62. The summed E-state index contributed by atoms with van der Waals surface area (Å²) in [6.45, 7) is 3.92. The molecule has 0 heterocycles. The first kappa shape index (κ1) is 12.6. The van der Waals surface area contributed by atoms with Crippen LogP contribution in [0.25, 0.3) is 0 Å². The van der Waals surface area contributed by atoms with E-state index < -0.39 is 0 Å². The summed E-state index contributed by atoms with van der Waals surface area (Å²) in [7, 11) is 0. The van der Waals surface area contributed by atoms with E-state index in [1.807, 2.05) is 19.9 Å². The van der Waals surface area contributed by atoms with Gasteiger partial charge in [0.1, 0.15) is 11.6 Å². The summed E-state index contributed by atoms with van der Waals surface area (Å²) in [5, 5.41) is 14.7. The largest absolute Gasteiger partial charge is 0.387 e. The van der Waals surface area contributed by atoms with E-state index in [0.717, 1.165) is 12.8 Å². The second kappa shape index (κ2) is 6.16. The van der Waals surface area contributed by atoms with Gasteiger partial charge in [-0.3, -0.25) is 4.79 Å². The molecule has 0 aromatic carbocycles. The molecule has 0 atom stereocenters. The average molecular weight is 221 g/mol. The number of nitriles is 1. The zero-order valence-electron chi connectivity index (χ0n) is 9.92. The molecule has 0 aromatic rings. The minimum absolute atomic E-state index is 0.153. The Morgan fingerprint density at radius 3 is 2.56 bits per heavy atom. The third kappa shape index (κ3) is 3.93. The lowest BCUT2D eigenvalue weighted by atomic mass is 10.2. The molecule has 88 valence electrons. The van der Waals surface area contributed by atoms with Crippen molar-refractivity contribution in [2.24, 2.45) is 0 Å². The first-order chi connectivity index (χ1) is 7.63. The highest BCUT2D eigenvalue weighted by Gasteiger charge is 2.19. The van der Waals surface area contributed by atoms with Gasteiger partial charge in [0.2, 0.25) is 0 Å². The molecule has 0 unspecified atom stereocenters. The Morgan fingerprint density at radius 1 is 1.44 bits per heavy atom. The van der Waals surface area contributed by atoms with E-state index in [4.69, 9.17) is 5.26 Å². The van der Waals surface area contributed by atoms with Gasteiger partial charge in [-0.1, -0.05) is 12.8 Å². The molecule has 0 spiro atoms. The van der Waals surface area contributed by atoms with E-state index in [0.29, 0.717) is 0 Å². The zero-order chi connectivity index (χ0) is 12.0. The monoisotopic (exact) mass is 221 g/mol. The van der Waals surface area contributed by atoms with Crippen LogP contribution in [0.3, 0.4) is 0 Å². The molecule has 4 nitrogen and oxygen atoms in total. The van der Waals surface area contributed by atoms with Crippen molar-refractivity contribution in [3.63, 3.8) is 0 Å². The van der Waals surface area contributed by atoms with E-state index in [1.54, 1.807) is 0 Å². The topological polar surface area (TPSA) is 64.9 Å². The predicted octanol–water partition coefficient (Wildman–Crippen LogP) is 1.45. The summed E-state index contributed by atoms with van der Waals surface area (Å²) < 4.78 is 0. The quantitative estimate of drug-likeness (QED) is 0.558. The number of hydrogen-bond donors (Lipinski definition) is 2. The fraction of sp³-hybridized carbons (Fsp3) is 0.667. The minimum atomic E-state index is -0.262. The number of nitrogens with zero attached hydrogens (tertiary/aromatic N) is 1. The van der Waals surface area contributed by atoms with Crippen molar-refractivity contribution in [3.8, 4) is 6.07 Å². The predicted molar refractivity (Wildman–Crippen MR) is 62.4 cm³/mol. The number of rotatable bonds is 4. The summed E-state index contributed by atoms with van der Waals surface area (Å²) in [6, 6.07) is 2.40. The van der Waals surface area contributed by atoms with Gasteiger partial charge >= 0.3 is 0 Å². The number of carbonyl (C=O) groups is 1. The van der Waals surface area contributed by atoms with Crippen LogP contribution in [0.4, 0.5) is 0 Å². The molecule has 1 aliphatic carbocycles. The lowest BCUT2D eigenvalue weighted by Gasteiger charge is -2.11. The second-order valence-electron chi connectivity index (χ2n) is 4.45. The summed E-state index contributed by atoms with van der Waals surface area (Å²) in [5.41, 5.74) is 0.153. The summed E-state index contributed by atoms with van der Waals surface area (Å²) in [5.74, 6) is -0.262. The molecule has 1 aliphatic rings. The van der Waals surface area contributed by atoms with Crippen LogP contribution in [0.1, 0.15) is 39.5 Å². The molecule has 0 bridgehead atoms. The summed E-state index contributed by atoms with van der Waals surface area (Å²) >= 11 is 0. The molecule has 1 amide bonds. The van der Waals surface area contributed by atoms with Gasteiger partial charge in [0.05, 0.1) is 0 Å². The molecule has 1 rings (SSSR count). The van der Waals surface area contributed by atoms with Gasteiger partial charge in [-0.15, -0.1) is 0 Å². The number of nitrogens with one attached hydrogen (secondary N) is 2. The fourth-order valence-corrected chi connectivity index (χ4v) is 1.73. The highest BCUT2D eigenvalue weighted by molar-refractivity contribution is 5.97. The average Bonchev–Trinajstić information content (AvgIpc) is 2.71. The van der Waals surface area contributed by atoms with Gasteiger partial charge in [-0.2, -0.15) is 5.26 Å². The lowest BCUT2D eigenvalue weighted by molar-refractivity contribution is -0.117. The lowest BCUT2D eigenvalue weighted by Crippen LogP contribution is -2.34. The molecule has 0 aromatic heterocycles. The number of amides is 1. The van der Waals surface area contributed by atoms with Crippen molar-refractivity contribution in [2.45, 2.75) is 51.6 Å². The van der Waals surface area contributed by atoms with Gasteiger partial charge in [0.15, 0.2) is 0 Å². The van der Waals surface area contributed by atoms with Crippen molar-refractivity contribution in [2.75, 3.05) is 0 Å².